The van der Waals surface area contributed by atoms with Gasteiger partial charge in [0.25, 0.3) is 0 Å². The van der Waals surface area contributed by atoms with Crippen molar-refractivity contribution in [3.8, 4) is 5.75 Å². The van der Waals surface area contributed by atoms with E-state index < -0.39 is 0 Å². The first-order valence-corrected chi connectivity index (χ1v) is 3.71. The molecule has 1 aromatic rings. The Labute approximate surface area is 106 Å². The van der Waals surface area contributed by atoms with Crippen molar-refractivity contribution < 1.29 is 39.4 Å². The Morgan fingerprint density at radius 1 is 1.47 bits per heavy atom. The number of halogens is 1. The Kier molecular flexibility index (Phi) is 17.8. The summed E-state index contributed by atoms with van der Waals surface area (Å²) in [6.45, 7) is 1.70. The van der Waals surface area contributed by atoms with Crippen molar-refractivity contribution in [2.24, 2.45) is 0 Å². The zero-order valence-electron chi connectivity index (χ0n) is 8.10. The third kappa shape index (κ3) is 9.72. The van der Waals surface area contributed by atoms with Crippen LogP contribution >= 0.6 is 0 Å². The van der Waals surface area contributed by atoms with E-state index >= 15 is 0 Å². The molecular weight excluding hydrogens is 259 g/mol. The molecule has 3 N–H and O–H groups in total. The Morgan fingerprint density at radius 2 is 1.93 bits per heavy atom. The first-order valence-electron chi connectivity index (χ1n) is 3.71. The average Bonchev–Trinajstić information content (AvgIpc) is 2.11. The van der Waals surface area contributed by atoms with E-state index in [1.165, 1.54) is 13.2 Å². The molecule has 0 aliphatic rings. The number of benzene rings is 1. The van der Waals surface area contributed by atoms with Crippen molar-refractivity contribution in [1.29, 1.82) is 0 Å². The Balaban J connectivity index is -0.000000260. The summed E-state index contributed by atoms with van der Waals surface area (Å²) in [7, 11) is 0. The van der Waals surface area contributed by atoms with Gasteiger partial charge in [0.2, 0.25) is 0 Å². The van der Waals surface area contributed by atoms with Crippen LogP contribution in [-0.4, -0.2) is 11.4 Å². The molecule has 0 amide bonds. The van der Waals surface area contributed by atoms with Gasteiger partial charge in [-0.15, -0.1) is 0 Å². The topological polar surface area (TPSA) is 73.1 Å². The molecule has 0 aliphatic carbocycles. The van der Waals surface area contributed by atoms with E-state index in [4.69, 9.17) is 15.7 Å². The second kappa shape index (κ2) is 13.4. The van der Waals surface area contributed by atoms with E-state index in [0.29, 0.717) is 6.54 Å². The van der Waals surface area contributed by atoms with Crippen LogP contribution < -0.4 is 17.8 Å². The number of phenols is 1. The maximum Gasteiger partial charge on any atom is 3.00 e. The van der Waals surface area contributed by atoms with Crippen molar-refractivity contribution in [2.75, 3.05) is 0 Å². The van der Waals surface area contributed by atoms with E-state index in [9.17, 15) is 0 Å². The second-order valence-electron chi connectivity index (χ2n) is 2.19. The molecule has 15 heavy (non-hydrogen) atoms. The van der Waals surface area contributed by atoms with Crippen LogP contribution in [0.25, 0.3) is 5.84 Å². The molecule has 4 nitrogen and oxygen atoms in total. The van der Waals surface area contributed by atoms with Crippen LogP contribution in [0.5, 0.6) is 5.75 Å². The molecule has 0 bridgehead atoms. The first-order chi connectivity index (χ1) is 6.26. The molecule has 0 aromatic heterocycles. The predicted octanol–water partition coefficient (Wildman–Crippen LogP) is -1.43. The molecule has 0 unspecified atom stereocenters. The van der Waals surface area contributed by atoms with Gasteiger partial charge < -0.3 is 33.6 Å². The van der Waals surface area contributed by atoms with Crippen LogP contribution in [0.15, 0.2) is 24.3 Å². The molecule has 1 rings (SSSR count). The van der Waals surface area contributed by atoms with E-state index in [1.54, 1.807) is 18.2 Å². The minimum absolute atomic E-state index is 0. The zero-order chi connectivity index (χ0) is 10.1. The van der Waals surface area contributed by atoms with Crippen LogP contribution in [0.4, 0.5) is 0 Å². The number of aromatic hydroxyl groups is 1. The summed E-state index contributed by atoms with van der Waals surface area (Å²) < 4.78 is 0. The number of rotatable bonds is 2. The largest absolute Gasteiger partial charge is 3.00 e. The third-order valence-electron chi connectivity index (χ3n) is 1.27. The van der Waals surface area contributed by atoms with E-state index in [1.807, 2.05) is 6.07 Å². The van der Waals surface area contributed by atoms with Gasteiger partial charge >= 0.3 is 17.1 Å². The summed E-state index contributed by atoms with van der Waals surface area (Å²) >= 11 is 0. The molecule has 0 spiro atoms. The minimum Gasteiger partial charge on any atom is -1.00 e. The van der Waals surface area contributed by atoms with Crippen molar-refractivity contribution in [3.05, 3.63) is 35.7 Å². The van der Waals surface area contributed by atoms with Crippen molar-refractivity contribution in [2.45, 2.75) is 13.5 Å². The quantitative estimate of drug-likeness (QED) is 0.393. The van der Waals surface area contributed by atoms with Crippen LogP contribution in [0, 0.1) is 0 Å². The van der Waals surface area contributed by atoms with Gasteiger partial charge in [0.05, 0.1) is 0 Å². The maximum atomic E-state index is 9.12. The van der Waals surface area contributed by atoms with E-state index in [0.717, 1.165) is 5.56 Å². The first kappa shape index (κ1) is 19.9. The monoisotopic (exact) mass is 271 g/mol. The summed E-state index contributed by atoms with van der Waals surface area (Å²) in [5.41, 5.74) is 2.96. The number of hydrogen-bond donors (Lipinski definition) is 2. The third-order valence-corrected chi connectivity index (χ3v) is 1.27. The summed E-state index contributed by atoms with van der Waals surface area (Å²) in [6, 6.07) is 6.96. The van der Waals surface area contributed by atoms with Gasteiger partial charge in [-0.2, -0.15) is 6.92 Å². The zero-order valence-corrected chi connectivity index (χ0v) is 9.96. The van der Waals surface area contributed by atoms with Crippen molar-refractivity contribution in [1.82, 2.24) is 5.43 Å². The maximum absolute atomic E-state index is 9.12. The van der Waals surface area contributed by atoms with E-state index in [2.05, 4.69) is 5.43 Å². The number of para-hydroxylation sites is 1. The number of hydrogen-bond acceptors (Lipinski definition) is 3. The normalized spacial score (nSPS) is 7.33. The van der Waals surface area contributed by atoms with Crippen molar-refractivity contribution in [3.63, 3.8) is 0 Å². The summed E-state index contributed by atoms with van der Waals surface area (Å²) in [5, 5.41) is 9.12. The number of carbonyl (C=O) groups excluding carboxylic acids is 1. The Bertz CT molecular complexity index is 262. The van der Waals surface area contributed by atoms with Gasteiger partial charge in [0.15, 0.2) is 0 Å². The fraction of sp³-hybridized carbons (Fsp3) is 0.222. The standard InChI is InChI=1S/C7H9N2O.C2H3O.ClH.Fe/c8-9-5-6-3-1-2-4-7(6)10;1-2-3;;/h1-4,8-10H,5H2;1H3;1H;/q2*-1;;+3/p-1. The molecule has 0 aliphatic heterocycles. The van der Waals surface area contributed by atoms with Crippen molar-refractivity contribution >= 4 is 6.29 Å². The van der Waals surface area contributed by atoms with Gasteiger partial charge in [-0.05, 0) is 6.07 Å². The molecule has 0 fully saturated rings. The van der Waals surface area contributed by atoms with E-state index in [-0.39, 0.29) is 35.2 Å². The van der Waals surface area contributed by atoms with Gasteiger partial charge in [0.1, 0.15) is 5.75 Å². The van der Waals surface area contributed by atoms with Gasteiger partial charge in [-0.3, -0.25) is 6.29 Å². The van der Waals surface area contributed by atoms with Crippen LogP contribution in [0.3, 0.4) is 0 Å². The molecule has 0 heterocycles. The summed E-state index contributed by atoms with van der Waals surface area (Å²) in [4.78, 5) is 8.68. The fourth-order valence-electron chi connectivity index (χ4n) is 0.756. The summed E-state index contributed by atoms with van der Waals surface area (Å²) in [5.74, 6) is 6.91. The second-order valence-corrected chi connectivity index (χ2v) is 2.19. The predicted molar refractivity (Wildman–Crippen MR) is 50.6 cm³/mol. The Morgan fingerprint density at radius 3 is 2.33 bits per heavy atom. The number of nitrogens with one attached hydrogen (secondary N) is 2. The fourth-order valence-corrected chi connectivity index (χ4v) is 0.756. The Hall–Kier alpha value is -0.581. The van der Waals surface area contributed by atoms with Crippen LogP contribution in [0.2, 0.25) is 0 Å². The molecule has 0 saturated carbocycles. The van der Waals surface area contributed by atoms with Crippen LogP contribution in [0.1, 0.15) is 12.5 Å². The smallest absolute Gasteiger partial charge is 1.00 e. The van der Waals surface area contributed by atoms with Gasteiger partial charge in [-0.25, -0.2) is 0 Å². The molecule has 1 aromatic carbocycles. The van der Waals surface area contributed by atoms with Gasteiger partial charge in [-0.1, -0.05) is 18.2 Å². The van der Waals surface area contributed by atoms with Gasteiger partial charge in [0, 0.05) is 12.1 Å². The summed E-state index contributed by atoms with van der Waals surface area (Å²) in [6.07, 6.45) is 1.50. The number of phenolic OH excluding ortho intramolecular Hbond substituents is 1. The molecule has 85 valence electrons. The molecule has 0 saturated heterocycles. The van der Waals surface area contributed by atoms with Crippen LogP contribution in [-0.2, 0) is 28.4 Å². The minimum atomic E-state index is 0. The molecule has 1 radical (unpaired) electrons. The SMILES string of the molecule is C[C-]=O.[Cl-].[Fe+3].[NH-]NCc1ccccc1O. The molecule has 0 atom stereocenters. The molecule has 6 heteroatoms. The average molecular weight is 272 g/mol. The molecular formula is C9H12ClFeN2O2.